The predicted molar refractivity (Wildman–Crippen MR) is 52.7 cm³/mol. The summed E-state index contributed by atoms with van der Waals surface area (Å²) in [7, 11) is 0. The van der Waals surface area contributed by atoms with E-state index in [1.54, 1.807) is 0 Å². The zero-order valence-electron chi connectivity index (χ0n) is 6.92. The number of aryl methyl sites for hydroxylation is 1. The van der Waals surface area contributed by atoms with E-state index in [1.165, 1.54) is 30.4 Å². The third-order valence-corrected chi connectivity index (χ3v) is 2.65. The van der Waals surface area contributed by atoms with Crippen LogP contribution in [-0.2, 0) is 12.8 Å². The Hall–Kier alpha value is -0.630. The van der Waals surface area contributed by atoms with Crippen LogP contribution in [0.25, 0.3) is 0 Å². The normalized spacial score (nSPS) is 15.4. The van der Waals surface area contributed by atoms with Gasteiger partial charge in [-0.05, 0) is 42.9 Å². The Morgan fingerprint density at radius 1 is 1.17 bits per heavy atom. The van der Waals surface area contributed by atoms with E-state index in [1.807, 2.05) is 12.1 Å². The Morgan fingerprint density at radius 3 is 2.83 bits per heavy atom. The highest BCUT2D eigenvalue weighted by Crippen LogP contribution is 2.29. The summed E-state index contributed by atoms with van der Waals surface area (Å²) in [5, 5.41) is 0. The van der Waals surface area contributed by atoms with Gasteiger partial charge in [-0.15, -0.1) is 0 Å². The second-order valence-corrected chi connectivity index (χ2v) is 3.37. The van der Waals surface area contributed by atoms with Gasteiger partial charge in [-0.3, -0.25) is 0 Å². The van der Waals surface area contributed by atoms with Crippen molar-refractivity contribution in [3.63, 3.8) is 0 Å². The monoisotopic (exact) mass is 180 g/mol. The Labute approximate surface area is 78.4 Å². The second kappa shape index (κ2) is 3.40. The van der Waals surface area contributed by atoms with Crippen LogP contribution in [-0.4, -0.2) is 0 Å². The van der Waals surface area contributed by atoms with Crippen molar-refractivity contribution in [3.8, 4) is 5.75 Å². The number of benzene rings is 1. The number of thiol groups is 1. The second-order valence-electron chi connectivity index (χ2n) is 3.19. The van der Waals surface area contributed by atoms with Crippen molar-refractivity contribution >= 4 is 12.9 Å². The van der Waals surface area contributed by atoms with Gasteiger partial charge < -0.3 is 4.18 Å². The molecule has 1 aliphatic carbocycles. The molecule has 0 aliphatic heterocycles. The molecule has 0 saturated carbocycles. The zero-order valence-corrected chi connectivity index (χ0v) is 7.81. The maximum absolute atomic E-state index is 5.01. The summed E-state index contributed by atoms with van der Waals surface area (Å²) >= 11 is 3.84. The highest BCUT2D eigenvalue weighted by molar-refractivity contribution is 7.75. The fourth-order valence-corrected chi connectivity index (χ4v) is 2.00. The van der Waals surface area contributed by atoms with Crippen LogP contribution in [0.4, 0.5) is 0 Å². The fraction of sp³-hybridized carbons (Fsp3) is 0.400. The van der Waals surface area contributed by atoms with Gasteiger partial charge in [0.25, 0.3) is 0 Å². The third kappa shape index (κ3) is 1.31. The molecule has 1 aromatic rings. The summed E-state index contributed by atoms with van der Waals surface area (Å²) < 4.78 is 5.01. The lowest BCUT2D eigenvalue weighted by atomic mass is 9.91. The molecule has 0 atom stereocenters. The average molecular weight is 180 g/mol. The molecule has 0 spiro atoms. The molecule has 2 heteroatoms. The molecule has 0 N–H and O–H groups in total. The summed E-state index contributed by atoms with van der Waals surface area (Å²) in [6.07, 6.45) is 4.93. The largest absolute Gasteiger partial charge is 0.429 e. The van der Waals surface area contributed by atoms with Crippen LogP contribution in [0.2, 0.25) is 0 Å². The van der Waals surface area contributed by atoms with Crippen LogP contribution in [0.5, 0.6) is 5.75 Å². The van der Waals surface area contributed by atoms with E-state index in [2.05, 4.69) is 19.0 Å². The fourth-order valence-electron chi connectivity index (χ4n) is 1.83. The van der Waals surface area contributed by atoms with Crippen LogP contribution in [0.3, 0.4) is 0 Å². The molecule has 0 heterocycles. The summed E-state index contributed by atoms with van der Waals surface area (Å²) in [5.41, 5.74) is 2.80. The van der Waals surface area contributed by atoms with E-state index in [9.17, 15) is 0 Å². The molecule has 1 nitrogen and oxygen atoms in total. The van der Waals surface area contributed by atoms with Gasteiger partial charge in [0.1, 0.15) is 5.75 Å². The van der Waals surface area contributed by atoms with Gasteiger partial charge in [-0.2, -0.15) is 0 Å². The summed E-state index contributed by atoms with van der Waals surface area (Å²) in [4.78, 5) is 0. The Balaban J connectivity index is 2.44. The summed E-state index contributed by atoms with van der Waals surface area (Å²) in [6.45, 7) is 0. The zero-order chi connectivity index (χ0) is 8.39. The molecule has 1 aliphatic rings. The molecule has 0 bridgehead atoms. The minimum Gasteiger partial charge on any atom is -0.429 e. The lowest BCUT2D eigenvalue weighted by Gasteiger charge is -2.17. The van der Waals surface area contributed by atoms with Crippen molar-refractivity contribution < 1.29 is 4.18 Å². The smallest absolute Gasteiger partial charge is 0.140 e. The standard InChI is InChI=1S/C10H12OS/c12-11-10-7-3-5-8-4-1-2-6-9(8)10/h3,5,7,12H,1-2,4,6H2. The number of fused-ring (bicyclic) bond motifs is 1. The van der Waals surface area contributed by atoms with E-state index >= 15 is 0 Å². The van der Waals surface area contributed by atoms with Crippen molar-refractivity contribution in [3.05, 3.63) is 29.3 Å². The maximum Gasteiger partial charge on any atom is 0.140 e. The van der Waals surface area contributed by atoms with Crippen molar-refractivity contribution in [2.75, 3.05) is 0 Å². The van der Waals surface area contributed by atoms with Gasteiger partial charge in [0.05, 0.1) is 0 Å². The molecule has 0 amide bonds. The van der Waals surface area contributed by atoms with Gasteiger partial charge >= 0.3 is 0 Å². The molecule has 0 unspecified atom stereocenters. The van der Waals surface area contributed by atoms with Crippen molar-refractivity contribution in [2.45, 2.75) is 25.7 Å². The lowest BCUT2D eigenvalue weighted by Crippen LogP contribution is -2.03. The Morgan fingerprint density at radius 2 is 2.00 bits per heavy atom. The quantitative estimate of drug-likeness (QED) is 0.516. The average Bonchev–Trinajstić information content (AvgIpc) is 2.17. The minimum absolute atomic E-state index is 0.940. The number of hydrogen-bond acceptors (Lipinski definition) is 2. The molecule has 0 radical (unpaired) electrons. The molecule has 2 rings (SSSR count). The van der Waals surface area contributed by atoms with Gasteiger partial charge in [0.2, 0.25) is 0 Å². The van der Waals surface area contributed by atoms with Crippen LogP contribution >= 0.6 is 12.9 Å². The third-order valence-electron chi connectivity index (χ3n) is 2.45. The predicted octanol–water partition coefficient (Wildman–Crippen LogP) is 2.79. The maximum atomic E-state index is 5.01. The van der Waals surface area contributed by atoms with E-state index in [0.29, 0.717) is 0 Å². The number of hydrogen-bond donors (Lipinski definition) is 1. The van der Waals surface area contributed by atoms with Gasteiger partial charge in [0, 0.05) is 12.9 Å². The Kier molecular flexibility index (Phi) is 2.26. The van der Waals surface area contributed by atoms with Crippen molar-refractivity contribution in [1.82, 2.24) is 0 Å². The first-order valence-corrected chi connectivity index (χ1v) is 4.70. The van der Waals surface area contributed by atoms with Crippen LogP contribution < -0.4 is 4.18 Å². The topological polar surface area (TPSA) is 9.23 Å². The van der Waals surface area contributed by atoms with Crippen LogP contribution in [0.1, 0.15) is 24.0 Å². The summed E-state index contributed by atoms with van der Waals surface area (Å²) in [6, 6.07) is 6.21. The first-order valence-electron chi connectivity index (χ1n) is 4.34. The van der Waals surface area contributed by atoms with Crippen molar-refractivity contribution in [1.29, 1.82) is 0 Å². The van der Waals surface area contributed by atoms with Gasteiger partial charge in [-0.25, -0.2) is 0 Å². The first-order chi connectivity index (χ1) is 5.92. The molecule has 1 aromatic carbocycles. The van der Waals surface area contributed by atoms with E-state index in [0.717, 1.165) is 12.2 Å². The molecule has 0 aromatic heterocycles. The van der Waals surface area contributed by atoms with Crippen molar-refractivity contribution in [2.24, 2.45) is 0 Å². The minimum atomic E-state index is 0.940. The van der Waals surface area contributed by atoms with E-state index < -0.39 is 0 Å². The molecule has 0 saturated heterocycles. The molecule has 12 heavy (non-hydrogen) atoms. The highest BCUT2D eigenvalue weighted by atomic mass is 32.1. The SMILES string of the molecule is SOc1cccc2c1CCCC2. The van der Waals surface area contributed by atoms with E-state index in [4.69, 9.17) is 4.18 Å². The van der Waals surface area contributed by atoms with Crippen LogP contribution in [0.15, 0.2) is 18.2 Å². The van der Waals surface area contributed by atoms with Gasteiger partial charge in [-0.1, -0.05) is 12.1 Å². The Bertz CT molecular complexity index is 269. The molecule has 0 fully saturated rings. The van der Waals surface area contributed by atoms with Crippen LogP contribution in [0, 0.1) is 0 Å². The van der Waals surface area contributed by atoms with E-state index in [-0.39, 0.29) is 0 Å². The summed E-state index contributed by atoms with van der Waals surface area (Å²) in [5.74, 6) is 0.940. The lowest BCUT2D eigenvalue weighted by molar-refractivity contribution is 0.612. The first kappa shape index (κ1) is 7.99. The molecular weight excluding hydrogens is 168 g/mol. The highest BCUT2D eigenvalue weighted by Gasteiger charge is 2.12. The number of rotatable bonds is 1. The molecular formula is C10H12OS. The molecule has 64 valence electrons. The van der Waals surface area contributed by atoms with Gasteiger partial charge in [0.15, 0.2) is 0 Å².